The highest BCUT2D eigenvalue weighted by Crippen LogP contribution is 1.98. The highest BCUT2D eigenvalue weighted by atomic mass is 16.3. The second-order valence-electron chi connectivity index (χ2n) is 2.79. The lowest BCUT2D eigenvalue weighted by Gasteiger charge is -2.19. The first-order valence-corrected chi connectivity index (χ1v) is 3.71. The molecule has 4 nitrogen and oxygen atoms in total. The van der Waals surface area contributed by atoms with Crippen LogP contribution in [0.1, 0.15) is 13.8 Å². The zero-order chi connectivity index (χ0) is 8.85. The predicted octanol–water partition coefficient (Wildman–Crippen LogP) is -0.463. The largest absolute Gasteiger partial charge is 0.394 e. The summed E-state index contributed by atoms with van der Waals surface area (Å²) in [7, 11) is 1.61. The van der Waals surface area contributed by atoms with Gasteiger partial charge in [0.15, 0.2) is 5.96 Å². The van der Waals surface area contributed by atoms with Gasteiger partial charge in [0.1, 0.15) is 0 Å². The van der Waals surface area contributed by atoms with Crippen LogP contribution in [0.5, 0.6) is 0 Å². The first-order chi connectivity index (χ1) is 5.11. The fraction of sp³-hybridized carbons (Fsp3) is 0.857. The maximum Gasteiger partial charge on any atom is 0.188 e. The number of aliphatic hydroxyl groups is 1. The zero-order valence-corrected chi connectivity index (χ0v) is 7.33. The van der Waals surface area contributed by atoms with Crippen molar-refractivity contribution in [3.8, 4) is 0 Å². The zero-order valence-electron chi connectivity index (χ0n) is 7.33. The lowest BCUT2D eigenvalue weighted by atomic mass is 10.1. The number of aliphatic hydroxyl groups excluding tert-OH is 1. The molecule has 0 aliphatic rings. The van der Waals surface area contributed by atoms with E-state index >= 15 is 0 Å². The molecule has 0 aromatic heterocycles. The van der Waals surface area contributed by atoms with Gasteiger partial charge >= 0.3 is 0 Å². The quantitative estimate of drug-likeness (QED) is 0.385. The molecular formula is C7H17N3O. The molecule has 0 saturated carbocycles. The average molecular weight is 159 g/mol. The molecule has 0 aromatic carbocycles. The fourth-order valence-electron chi connectivity index (χ4n) is 0.678. The van der Waals surface area contributed by atoms with Gasteiger partial charge in [-0.3, -0.25) is 4.99 Å². The maximum atomic E-state index is 8.87. The Hall–Kier alpha value is -0.770. The fourth-order valence-corrected chi connectivity index (χ4v) is 0.678. The van der Waals surface area contributed by atoms with Gasteiger partial charge in [-0.2, -0.15) is 0 Å². The predicted molar refractivity (Wildman–Crippen MR) is 46.4 cm³/mol. The molecule has 0 fully saturated rings. The molecule has 0 aliphatic heterocycles. The van der Waals surface area contributed by atoms with E-state index in [-0.39, 0.29) is 12.6 Å². The van der Waals surface area contributed by atoms with Crippen molar-refractivity contribution in [2.24, 2.45) is 16.6 Å². The maximum absolute atomic E-state index is 8.87. The Balaban J connectivity index is 3.88. The standard InChI is InChI=1S/C7H17N3O/c1-5(2)6(4-11)10-7(8)9-3/h5-6,11H,4H2,1-3H3,(H3,8,9,10)/t6-/m1/s1. The first-order valence-electron chi connectivity index (χ1n) is 3.71. The summed E-state index contributed by atoms with van der Waals surface area (Å²) in [5, 5.41) is 11.8. The normalized spacial score (nSPS) is 15.2. The van der Waals surface area contributed by atoms with Crippen molar-refractivity contribution in [2.45, 2.75) is 19.9 Å². The molecule has 66 valence electrons. The van der Waals surface area contributed by atoms with Crippen molar-refractivity contribution < 1.29 is 5.11 Å². The van der Waals surface area contributed by atoms with Gasteiger partial charge in [0.2, 0.25) is 0 Å². The van der Waals surface area contributed by atoms with Crippen LogP contribution in [-0.2, 0) is 0 Å². The Bertz CT molecular complexity index is 134. The van der Waals surface area contributed by atoms with E-state index in [1.54, 1.807) is 7.05 Å². The number of nitrogens with two attached hydrogens (primary N) is 1. The highest BCUT2D eigenvalue weighted by Gasteiger charge is 2.11. The summed E-state index contributed by atoms with van der Waals surface area (Å²) in [6.07, 6.45) is 0. The third-order valence-corrected chi connectivity index (χ3v) is 1.58. The van der Waals surface area contributed by atoms with Gasteiger partial charge in [0.25, 0.3) is 0 Å². The van der Waals surface area contributed by atoms with E-state index < -0.39 is 0 Å². The van der Waals surface area contributed by atoms with Crippen LogP contribution >= 0.6 is 0 Å². The molecule has 4 heteroatoms. The van der Waals surface area contributed by atoms with Crippen LogP contribution in [0.2, 0.25) is 0 Å². The molecule has 0 unspecified atom stereocenters. The van der Waals surface area contributed by atoms with Gasteiger partial charge in [-0.15, -0.1) is 0 Å². The summed E-state index contributed by atoms with van der Waals surface area (Å²) in [6, 6.07) is -0.00120. The van der Waals surface area contributed by atoms with Crippen LogP contribution in [0.15, 0.2) is 4.99 Å². The molecule has 0 bridgehead atoms. The monoisotopic (exact) mass is 159 g/mol. The Kier molecular flexibility index (Phi) is 4.61. The second-order valence-corrected chi connectivity index (χ2v) is 2.79. The Morgan fingerprint density at radius 3 is 2.45 bits per heavy atom. The Morgan fingerprint density at radius 1 is 1.64 bits per heavy atom. The Labute approximate surface area is 67.5 Å². The summed E-state index contributed by atoms with van der Waals surface area (Å²) in [5.41, 5.74) is 5.42. The molecule has 1 atom stereocenters. The van der Waals surface area contributed by atoms with E-state index in [4.69, 9.17) is 10.8 Å². The van der Waals surface area contributed by atoms with Gasteiger partial charge in [0.05, 0.1) is 12.6 Å². The third kappa shape index (κ3) is 3.83. The van der Waals surface area contributed by atoms with Gasteiger partial charge in [-0.05, 0) is 5.92 Å². The minimum Gasteiger partial charge on any atom is -0.394 e. The first kappa shape index (κ1) is 10.2. The second kappa shape index (κ2) is 4.96. The summed E-state index contributed by atoms with van der Waals surface area (Å²) < 4.78 is 0. The lowest BCUT2D eigenvalue weighted by molar-refractivity contribution is 0.226. The number of rotatable bonds is 3. The van der Waals surface area contributed by atoms with Crippen molar-refractivity contribution in [3.63, 3.8) is 0 Å². The van der Waals surface area contributed by atoms with Crippen LogP contribution in [0.4, 0.5) is 0 Å². The summed E-state index contributed by atoms with van der Waals surface area (Å²) in [5.74, 6) is 0.720. The SMILES string of the molecule is CN=C(N)N[C@H](CO)C(C)C. The van der Waals surface area contributed by atoms with Crippen molar-refractivity contribution in [3.05, 3.63) is 0 Å². The van der Waals surface area contributed by atoms with E-state index in [9.17, 15) is 0 Å². The minimum atomic E-state index is -0.00120. The van der Waals surface area contributed by atoms with Crippen molar-refractivity contribution >= 4 is 5.96 Å². The van der Waals surface area contributed by atoms with Crippen LogP contribution in [0.25, 0.3) is 0 Å². The van der Waals surface area contributed by atoms with E-state index in [2.05, 4.69) is 10.3 Å². The molecule has 0 aliphatic carbocycles. The molecular weight excluding hydrogens is 142 g/mol. The van der Waals surface area contributed by atoms with Crippen molar-refractivity contribution in [1.29, 1.82) is 0 Å². The molecule has 0 rings (SSSR count). The molecule has 0 saturated heterocycles. The number of hydrogen-bond donors (Lipinski definition) is 3. The van der Waals surface area contributed by atoms with Crippen LogP contribution in [-0.4, -0.2) is 30.8 Å². The van der Waals surface area contributed by atoms with Crippen LogP contribution < -0.4 is 11.1 Å². The molecule has 0 heterocycles. The van der Waals surface area contributed by atoms with Crippen molar-refractivity contribution in [2.75, 3.05) is 13.7 Å². The van der Waals surface area contributed by atoms with Gasteiger partial charge in [-0.1, -0.05) is 13.8 Å². The third-order valence-electron chi connectivity index (χ3n) is 1.58. The van der Waals surface area contributed by atoms with Gasteiger partial charge in [-0.25, -0.2) is 0 Å². The lowest BCUT2D eigenvalue weighted by Crippen LogP contribution is -2.44. The smallest absolute Gasteiger partial charge is 0.188 e. The van der Waals surface area contributed by atoms with E-state index in [0.29, 0.717) is 11.9 Å². The Morgan fingerprint density at radius 2 is 2.18 bits per heavy atom. The van der Waals surface area contributed by atoms with E-state index in [1.807, 2.05) is 13.8 Å². The molecule has 0 spiro atoms. The summed E-state index contributed by atoms with van der Waals surface area (Å²) in [4.78, 5) is 3.73. The molecule has 0 aromatic rings. The topological polar surface area (TPSA) is 70.6 Å². The van der Waals surface area contributed by atoms with Crippen LogP contribution in [0, 0.1) is 5.92 Å². The van der Waals surface area contributed by atoms with Gasteiger partial charge < -0.3 is 16.2 Å². The number of guanidine groups is 1. The molecule has 0 amide bonds. The molecule has 0 radical (unpaired) electrons. The molecule has 4 N–H and O–H groups in total. The van der Waals surface area contributed by atoms with Gasteiger partial charge in [0, 0.05) is 7.05 Å². The van der Waals surface area contributed by atoms with E-state index in [1.165, 1.54) is 0 Å². The number of hydrogen-bond acceptors (Lipinski definition) is 2. The number of nitrogens with zero attached hydrogens (tertiary/aromatic N) is 1. The average Bonchev–Trinajstić information content (AvgIpc) is 1.99. The molecule has 11 heavy (non-hydrogen) atoms. The number of aliphatic imine (C=N–C) groups is 1. The number of nitrogens with one attached hydrogen (secondary N) is 1. The van der Waals surface area contributed by atoms with E-state index in [0.717, 1.165) is 0 Å². The van der Waals surface area contributed by atoms with Crippen molar-refractivity contribution in [1.82, 2.24) is 5.32 Å². The summed E-state index contributed by atoms with van der Waals surface area (Å²) >= 11 is 0. The summed E-state index contributed by atoms with van der Waals surface area (Å²) in [6.45, 7) is 4.10. The highest BCUT2D eigenvalue weighted by molar-refractivity contribution is 5.77. The minimum absolute atomic E-state index is 0.00120. The van der Waals surface area contributed by atoms with Crippen LogP contribution in [0.3, 0.4) is 0 Å².